The van der Waals surface area contributed by atoms with Crippen molar-refractivity contribution in [2.75, 3.05) is 37.0 Å². The number of aliphatic hydroxyl groups is 1. The Hall–Kier alpha value is -1.40. The third kappa shape index (κ3) is 2.39. The molecule has 2 rings (SSSR count). The maximum absolute atomic E-state index is 9.13. The van der Waals surface area contributed by atoms with Crippen molar-refractivity contribution >= 4 is 33.3 Å². The molecule has 0 bridgehead atoms. The van der Waals surface area contributed by atoms with Crippen LogP contribution in [0.2, 0.25) is 0 Å². The topological polar surface area (TPSA) is 61.3 Å². The number of hydrogen-bond donors (Lipinski definition) is 2. The van der Waals surface area contributed by atoms with Crippen LogP contribution in [0.3, 0.4) is 0 Å². The van der Waals surface area contributed by atoms with Gasteiger partial charge in [-0.05, 0) is 19.9 Å². The number of nitrogens with zero attached hydrogens (tertiary/aromatic N) is 3. The summed E-state index contributed by atoms with van der Waals surface area (Å²) in [5.41, 5.74) is 0. The number of likely N-dealkylation sites (N-methyl/N-ethyl adjacent to an activating group) is 1. The van der Waals surface area contributed by atoms with Crippen LogP contribution >= 0.6 is 11.3 Å². The third-order valence-corrected chi connectivity index (χ3v) is 3.71. The molecule has 0 aliphatic carbocycles. The van der Waals surface area contributed by atoms with Crippen molar-refractivity contribution in [2.24, 2.45) is 0 Å². The summed E-state index contributed by atoms with van der Waals surface area (Å²) < 4.78 is 0. The van der Waals surface area contributed by atoms with Gasteiger partial charge in [0.05, 0.1) is 12.0 Å². The van der Waals surface area contributed by atoms with Crippen LogP contribution in [0.5, 0.6) is 0 Å². The van der Waals surface area contributed by atoms with Crippen LogP contribution in [0.15, 0.2) is 6.07 Å². The lowest BCUT2D eigenvalue weighted by Crippen LogP contribution is -2.27. The Kier molecular flexibility index (Phi) is 3.98. The maximum Gasteiger partial charge on any atom is 0.225 e. The van der Waals surface area contributed by atoms with Crippen LogP contribution in [0, 0.1) is 6.92 Å². The van der Waals surface area contributed by atoms with Crippen LogP contribution in [-0.2, 0) is 0 Å². The van der Waals surface area contributed by atoms with Gasteiger partial charge in [-0.2, -0.15) is 4.98 Å². The van der Waals surface area contributed by atoms with E-state index in [9.17, 15) is 0 Å². The zero-order valence-electron chi connectivity index (χ0n) is 10.9. The van der Waals surface area contributed by atoms with E-state index in [0.717, 1.165) is 22.6 Å². The second-order valence-corrected chi connectivity index (χ2v) is 5.23. The van der Waals surface area contributed by atoms with Gasteiger partial charge in [-0.15, -0.1) is 11.3 Å². The first-order chi connectivity index (χ1) is 8.69. The fourth-order valence-corrected chi connectivity index (χ4v) is 2.79. The first kappa shape index (κ1) is 13.0. The van der Waals surface area contributed by atoms with E-state index in [1.807, 2.05) is 7.05 Å². The predicted octanol–water partition coefficient (Wildman–Crippen LogP) is 1.86. The van der Waals surface area contributed by atoms with Crippen LogP contribution < -0.4 is 10.2 Å². The highest BCUT2D eigenvalue weighted by atomic mass is 32.1. The molecule has 6 heteroatoms. The highest BCUT2D eigenvalue weighted by Crippen LogP contribution is 2.31. The highest BCUT2D eigenvalue weighted by molar-refractivity contribution is 7.18. The summed E-state index contributed by atoms with van der Waals surface area (Å²) >= 11 is 1.66. The number of thiophene rings is 1. The Labute approximate surface area is 110 Å². The average molecular weight is 266 g/mol. The van der Waals surface area contributed by atoms with E-state index in [1.54, 1.807) is 11.3 Å². The minimum absolute atomic E-state index is 0.122. The van der Waals surface area contributed by atoms with Gasteiger partial charge in [0.2, 0.25) is 5.95 Å². The van der Waals surface area contributed by atoms with Crippen LogP contribution in [0.4, 0.5) is 11.8 Å². The van der Waals surface area contributed by atoms with Gasteiger partial charge < -0.3 is 15.3 Å². The molecule has 0 saturated heterocycles. The summed E-state index contributed by atoms with van der Waals surface area (Å²) in [5, 5.41) is 13.2. The molecule has 0 unspecified atom stereocenters. The normalized spacial score (nSPS) is 10.9. The molecule has 0 spiro atoms. The molecule has 2 N–H and O–H groups in total. The summed E-state index contributed by atoms with van der Waals surface area (Å²) in [4.78, 5) is 13.2. The molecule has 5 nitrogen and oxygen atoms in total. The largest absolute Gasteiger partial charge is 0.395 e. The second kappa shape index (κ2) is 5.49. The van der Waals surface area contributed by atoms with E-state index in [-0.39, 0.29) is 6.61 Å². The van der Waals surface area contributed by atoms with Gasteiger partial charge in [0.25, 0.3) is 0 Å². The molecule has 0 saturated carbocycles. The number of nitrogens with one attached hydrogen (secondary N) is 1. The number of hydrogen-bond acceptors (Lipinski definition) is 6. The maximum atomic E-state index is 9.13. The van der Waals surface area contributed by atoms with Crippen molar-refractivity contribution in [3.05, 3.63) is 10.9 Å². The number of fused-ring (bicyclic) bond motifs is 1. The van der Waals surface area contributed by atoms with Crippen LogP contribution in [0.25, 0.3) is 10.2 Å². The predicted molar refractivity (Wildman–Crippen MR) is 76.7 cm³/mol. The van der Waals surface area contributed by atoms with Crippen molar-refractivity contribution in [1.29, 1.82) is 0 Å². The van der Waals surface area contributed by atoms with E-state index < -0.39 is 0 Å². The summed E-state index contributed by atoms with van der Waals surface area (Å²) in [5.74, 6) is 1.51. The Morgan fingerprint density at radius 3 is 2.83 bits per heavy atom. The second-order valence-electron chi connectivity index (χ2n) is 4.00. The Balaban J connectivity index is 2.58. The van der Waals surface area contributed by atoms with E-state index in [2.05, 4.69) is 40.1 Å². The quantitative estimate of drug-likeness (QED) is 0.865. The molecule has 0 fully saturated rings. The number of aryl methyl sites for hydroxylation is 1. The molecular formula is C12H18N4OS. The van der Waals surface area contributed by atoms with Crippen molar-refractivity contribution in [3.8, 4) is 0 Å². The fourth-order valence-electron chi connectivity index (χ4n) is 1.91. The summed E-state index contributed by atoms with van der Waals surface area (Å²) in [6.45, 7) is 5.64. The van der Waals surface area contributed by atoms with Gasteiger partial charge in [-0.25, -0.2) is 4.98 Å². The van der Waals surface area contributed by atoms with Gasteiger partial charge in [0, 0.05) is 25.0 Å². The first-order valence-electron chi connectivity index (χ1n) is 6.01. The number of rotatable bonds is 5. The molecule has 0 aromatic carbocycles. The number of aromatic nitrogens is 2. The highest BCUT2D eigenvalue weighted by Gasteiger charge is 2.14. The summed E-state index contributed by atoms with van der Waals surface area (Å²) in [7, 11) is 1.81. The molecule has 0 aliphatic rings. The van der Waals surface area contributed by atoms with E-state index in [1.165, 1.54) is 4.88 Å². The van der Waals surface area contributed by atoms with Crippen LogP contribution in [0.1, 0.15) is 11.8 Å². The molecule has 2 heterocycles. The lowest BCUT2D eigenvalue weighted by molar-refractivity contribution is 0.302. The Bertz CT molecular complexity index is 540. The van der Waals surface area contributed by atoms with Crippen molar-refractivity contribution in [2.45, 2.75) is 13.8 Å². The summed E-state index contributed by atoms with van der Waals surface area (Å²) in [6, 6.07) is 2.11. The van der Waals surface area contributed by atoms with Crippen molar-refractivity contribution in [1.82, 2.24) is 9.97 Å². The molecule has 18 heavy (non-hydrogen) atoms. The zero-order valence-corrected chi connectivity index (χ0v) is 11.7. The number of aliphatic hydroxyl groups excluding tert-OH is 1. The smallest absolute Gasteiger partial charge is 0.225 e. The van der Waals surface area contributed by atoms with Crippen LogP contribution in [-0.4, -0.2) is 41.8 Å². The van der Waals surface area contributed by atoms with E-state index in [0.29, 0.717) is 12.5 Å². The first-order valence-corrected chi connectivity index (χ1v) is 6.83. The molecule has 0 aliphatic heterocycles. The fraction of sp³-hybridized carbons (Fsp3) is 0.500. The molecule has 0 amide bonds. The monoisotopic (exact) mass is 266 g/mol. The van der Waals surface area contributed by atoms with Crippen molar-refractivity contribution in [3.63, 3.8) is 0 Å². The Morgan fingerprint density at radius 2 is 2.22 bits per heavy atom. The molecule has 98 valence electrons. The lowest BCUT2D eigenvalue weighted by atomic mass is 10.3. The molecular weight excluding hydrogens is 248 g/mol. The zero-order chi connectivity index (χ0) is 13.1. The minimum Gasteiger partial charge on any atom is -0.395 e. The van der Waals surface area contributed by atoms with E-state index >= 15 is 0 Å². The summed E-state index contributed by atoms with van der Waals surface area (Å²) in [6.07, 6.45) is 0. The molecule has 2 aromatic heterocycles. The third-order valence-electron chi connectivity index (χ3n) is 2.77. The van der Waals surface area contributed by atoms with Gasteiger partial charge in [0.1, 0.15) is 10.6 Å². The van der Waals surface area contributed by atoms with Gasteiger partial charge in [-0.1, -0.05) is 0 Å². The standard InChI is InChI=1S/C12H18N4OS/c1-4-16(5-6-17)10-9-7-8(2)18-11(9)15-12(13-3)14-10/h7,17H,4-6H2,1-3H3,(H,13,14,15). The lowest BCUT2D eigenvalue weighted by Gasteiger charge is -2.21. The number of anilines is 2. The van der Waals surface area contributed by atoms with Crippen molar-refractivity contribution < 1.29 is 5.11 Å². The molecule has 0 radical (unpaired) electrons. The van der Waals surface area contributed by atoms with Gasteiger partial charge in [0.15, 0.2) is 0 Å². The Morgan fingerprint density at radius 1 is 1.44 bits per heavy atom. The van der Waals surface area contributed by atoms with Gasteiger partial charge in [-0.3, -0.25) is 0 Å². The average Bonchev–Trinajstić information content (AvgIpc) is 2.75. The van der Waals surface area contributed by atoms with Gasteiger partial charge >= 0.3 is 0 Å². The molecule has 0 atom stereocenters. The van der Waals surface area contributed by atoms with E-state index in [4.69, 9.17) is 5.11 Å². The SMILES string of the molecule is CCN(CCO)c1nc(NC)nc2sc(C)cc12. The molecule has 2 aromatic rings. The minimum atomic E-state index is 0.122.